The average Bonchev–Trinajstić information content (AvgIpc) is 2.72. The van der Waals surface area contributed by atoms with Gasteiger partial charge in [-0.2, -0.15) is 0 Å². The van der Waals surface area contributed by atoms with E-state index in [4.69, 9.17) is 5.73 Å². The fourth-order valence-electron chi connectivity index (χ4n) is 2.62. The van der Waals surface area contributed by atoms with Crippen LogP contribution in [0.25, 0.3) is 0 Å². The fraction of sp³-hybridized carbons (Fsp3) is 0.100. The highest BCUT2D eigenvalue weighted by Crippen LogP contribution is 2.21. The molecule has 3 aromatic rings. The van der Waals surface area contributed by atoms with E-state index >= 15 is 0 Å². The van der Waals surface area contributed by atoms with Crippen molar-refractivity contribution in [2.24, 2.45) is 0 Å². The first-order valence-corrected chi connectivity index (χ1v) is 8.82. The van der Waals surface area contributed by atoms with Crippen LogP contribution in [0.4, 0.5) is 17.3 Å². The molecule has 0 fully saturated rings. The van der Waals surface area contributed by atoms with Crippen LogP contribution in [-0.2, 0) is 0 Å². The minimum absolute atomic E-state index is 0.127. The van der Waals surface area contributed by atoms with E-state index in [1.165, 1.54) is 6.33 Å². The van der Waals surface area contributed by atoms with E-state index < -0.39 is 0 Å². The number of benzene rings is 2. The molecule has 0 radical (unpaired) electrons. The summed E-state index contributed by atoms with van der Waals surface area (Å²) < 4.78 is 0. The van der Waals surface area contributed by atoms with Gasteiger partial charge in [0.15, 0.2) is 11.6 Å². The third kappa shape index (κ3) is 4.59. The van der Waals surface area contributed by atoms with Gasteiger partial charge in [0, 0.05) is 11.1 Å². The Morgan fingerprint density at radius 2 is 1.17 bits per heavy atom. The Morgan fingerprint density at radius 1 is 0.759 bits per heavy atom. The highest BCUT2D eigenvalue weighted by molar-refractivity contribution is 5.97. The van der Waals surface area contributed by atoms with Gasteiger partial charge >= 0.3 is 0 Å². The second-order valence-corrected chi connectivity index (χ2v) is 6.27. The van der Waals surface area contributed by atoms with Gasteiger partial charge in [-0.1, -0.05) is 36.4 Å². The lowest BCUT2D eigenvalue weighted by Crippen LogP contribution is -2.32. The van der Waals surface area contributed by atoms with Crippen molar-refractivity contribution in [3.63, 3.8) is 0 Å². The summed E-state index contributed by atoms with van der Waals surface area (Å²) in [4.78, 5) is 32.6. The molecule has 9 heteroatoms. The van der Waals surface area contributed by atoms with E-state index in [-0.39, 0.29) is 29.1 Å². The number of hydrogen-bond donors (Lipinski definition) is 5. The number of anilines is 3. The molecule has 2 aromatic carbocycles. The number of nitrogens with two attached hydrogens (primary N) is 1. The van der Waals surface area contributed by atoms with Crippen LogP contribution in [0, 0.1) is 13.8 Å². The Labute approximate surface area is 167 Å². The molecule has 29 heavy (non-hydrogen) atoms. The Bertz CT molecular complexity index is 973. The van der Waals surface area contributed by atoms with Crippen LogP contribution in [0.15, 0.2) is 54.9 Å². The molecular weight excluding hydrogens is 370 g/mol. The lowest BCUT2D eigenvalue weighted by molar-refractivity contribution is 0.0954. The molecular formula is C20H21N7O2. The number of amides is 2. The molecule has 0 aliphatic carbocycles. The Balaban J connectivity index is 1.65. The van der Waals surface area contributed by atoms with Gasteiger partial charge in [0.2, 0.25) is 0 Å². The van der Waals surface area contributed by atoms with Crippen LogP contribution < -0.4 is 27.4 Å². The summed E-state index contributed by atoms with van der Waals surface area (Å²) in [7, 11) is 0. The van der Waals surface area contributed by atoms with E-state index in [1.54, 1.807) is 24.3 Å². The van der Waals surface area contributed by atoms with Crippen molar-refractivity contribution in [3.8, 4) is 0 Å². The molecule has 1 heterocycles. The quantitative estimate of drug-likeness (QED) is 0.407. The predicted octanol–water partition coefficient (Wildman–Crippen LogP) is 2.19. The first-order chi connectivity index (χ1) is 14.0. The van der Waals surface area contributed by atoms with Gasteiger partial charge < -0.3 is 5.73 Å². The van der Waals surface area contributed by atoms with E-state index in [9.17, 15) is 9.59 Å². The van der Waals surface area contributed by atoms with Gasteiger partial charge in [-0.3, -0.25) is 31.3 Å². The average molecular weight is 391 g/mol. The molecule has 0 saturated heterocycles. The van der Waals surface area contributed by atoms with Crippen LogP contribution in [0.5, 0.6) is 0 Å². The number of rotatable bonds is 6. The largest absolute Gasteiger partial charge is 0.393 e. The van der Waals surface area contributed by atoms with Gasteiger partial charge in [-0.15, -0.1) is 0 Å². The second-order valence-electron chi connectivity index (χ2n) is 6.27. The number of carbonyl (C=O) groups excluding carboxylic acids is 2. The molecule has 0 unspecified atom stereocenters. The molecule has 0 spiro atoms. The van der Waals surface area contributed by atoms with Crippen molar-refractivity contribution < 1.29 is 9.59 Å². The Morgan fingerprint density at radius 3 is 1.59 bits per heavy atom. The molecule has 1 aromatic heterocycles. The third-order valence-corrected chi connectivity index (χ3v) is 4.25. The highest BCUT2D eigenvalue weighted by atomic mass is 16.2. The highest BCUT2D eigenvalue weighted by Gasteiger charge is 2.13. The summed E-state index contributed by atoms with van der Waals surface area (Å²) in [5.74, 6) is -0.281. The van der Waals surface area contributed by atoms with Crippen molar-refractivity contribution >= 4 is 29.1 Å². The molecule has 3 rings (SSSR count). The SMILES string of the molecule is Cc1ccccc1C(=O)NNc1ncnc(NNC(=O)c2ccccc2C)c1N. The third-order valence-electron chi connectivity index (χ3n) is 4.25. The maximum Gasteiger partial charge on any atom is 0.269 e. The normalized spacial score (nSPS) is 10.1. The van der Waals surface area contributed by atoms with Crippen LogP contribution in [0.1, 0.15) is 31.8 Å². The number of nitrogen functional groups attached to an aromatic ring is 1. The summed E-state index contributed by atoms with van der Waals surface area (Å²) in [5, 5.41) is 0. The second kappa shape index (κ2) is 8.70. The number of hydrogen-bond acceptors (Lipinski definition) is 7. The summed E-state index contributed by atoms with van der Waals surface area (Å²) in [6.45, 7) is 3.68. The zero-order valence-corrected chi connectivity index (χ0v) is 16.0. The maximum absolute atomic E-state index is 12.3. The number of nitrogens with zero attached hydrogens (tertiary/aromatic N) is 2. The zero-order chi connectivity index (χ0) is 20.8. The lowest BCUT2D eigenvalue weighted by Gasteiger charge is -2.14. The van der Waals surface area contributed by atoms with Gasteiger partial charge in [0.05, 0.1) is 0 Å². The van der Waals surface area contributed by atoms with E-state index in [0.717, 1.165) is 11.1 Å². The van der Waals surface area contributed by atoms with Gasteiger partial charge in [0.25, 0.3) is 11.8 Å². The summed E-state index contributed by atoms with van der Waals surface area (Å²) in [5.41, 5.74) is 19.3. The van der Waals surface area contributed by atoms with Crippen LogP contribution in [0.2, 0.25) is 0 Å². The summed E-state index contributed by atoms with van der Waals surface area (Å²) >= 11 is 0. The number of aryl methyl sites for hydroxylation is 2. The van der Waals surface area contributed by atoms with E-state index in [1.807, 2.05) is 38.1 Å². The van der Waals surface area contributed by atoms with Crippen LogP contribution in [-0.4, -0.2) is 21.8 Å². The van der Waals surface area contributed by atoms with Crippen molar-refractivity contribution in [2.75, 3.05) is 16.6 Å². The van der Waals surface area contributed by atoms with E-state index in [0.29, 0.717) is 11.1 Å². The monoisotopic (exact) mass is 391 g/mol. The summed E-state index contributed by atoms with van der Waals surface area (Å²) in [6.07, 6.45) is 1.25. The lowest BCUT2D eigenvalue weighted by atomic mass is 10.1. The topological polar surface area (TPSA) is 134 Å². The molecule has 0 atom stereocenters. The molecule has 2 amide bonds. The minimum atomic E-state index is -0.330. The molecule has 9 nitrogen and oxygen atoms in total. The van der Waals surface area contributed by atoms with Gasteiger partial charge in [-0.25, -0.2) is 9.97 Å². The number of nitrogens with one attached hydrogen (secondary N) is 4. The first-order valence-electron chi connectivity index (χ1n) is 8.82. The van der Waals surface area contributed by atoms with Crippen molar-refractivity contribution in [2.45, 2.75) is 13.8 Å². The van der Waals surface area contributed by atoms with Crippen molar-refractivity contribution in [3.05, 3.63) is 77.1 Å². The van der Waals surface area contributed by atoms with E-state index in [2.05, 4.69) is 31.7 Å². The molecule has 148 valence electrons. The predicted molar refractivity (Wildman–Crippen MR) is 111 cm³/mol. The Kier molecular flexibility index (Phi) is 5.88. The maximum atomic E-state index is 12.3. The van der Waals surface area contributed by atoms with Gasteiger partial charge in [-0.05, 0) is 37.1 Å². The van der Waals surface area contributed by atoms with Crippen LogP contribution in [0.3, 0.4) is 0 Å². The molecule has 6 N–H and O–H groups in total. The van der Waals surface area contributed by atoms with Crippen molar-refractivity contribution in [1.29, 1.82) is 0 Å². The van der Waals surface area contributed by atoms with Gasteiger partial charge in [0.1, 0.15) is 12.0 Å². The number of hydrazine groups is 2. The minimum Gasteiger partial charge on any atom is -0.393 e. The summed E-state index contributed by atoms with van der Waals surface area (Å²) in [6, 6.07) is 14.4. The molecule has 0 saturated carbocycles. The molecule has 0 aliphatic heterocycles. The smallest absolute Gasteiger partial charge is 0.269 e. The zero-order valence-electron chi connectivity index (χ0n) is 16.0. The standard InChI is InChI=1S/C20H21N7O2/c1-12-7-3-5-9-14(12)19(28)26-24-17-16(21)18(23-11-22-17)25-27-20(29)15-10-6-4-8-13(15)2/h3-11H,21H2,1-2H3,(H,26,28)(H,27,29)(H2,22,23,24,25). The Hall–Kier alpha value is -4.14. The fourth-order valence-corrected chi connectivity index (χ4v) is 2.62. The molecule has 0 aliphatic rings. The van der Waals surface area contributed by atoms with Crippen LogP contribution >= 0.6 is 0 Å². The number of carbonyl (C=O) groups is 2. The molecule has 0 bridgehead atoms. The number of aromatic nitrogens is 2. The first kappa shape index (κ1) is 19.6. The van der Waals surface area contributed by atoms with Crippen molar-refractivity contribution in [1.82, 2.24) is 20.8 Å².